The minimum Gasteiger partial charge on any atom is -0.497 e. The first-order valence-corrected chi connectivity index (χ1v) is 5.51. The summed E-state index contributed by atoms with van der Waals surface area (Å²) in [4.78, 5) is 0. The SMILES string of the molecule is COc1ccc(NCc2ccc(F)c(F)c2)cc1. The maximum absolute atomic E-state index is 13.0. The first kappa shape index (κ1) is 12.4. The van der Waals surface area contributed by atoms with Crippen LogP contribution in [0.4, 0.5) is 14.5 Å². The van der Waals surface area contributed by atoms with Crippen molar-refractivity contribution in [3.63, 3.8) is 0 Å². The smallest absolute Gasteiger partial charge is 0.159 e. The molecule has 0 aliphatic rings. The molecular formula is C14H13F2NO. The third-order valence-electron chi connectivity index (χ3n) is 2.57. The predicted molar refractivity (Wildman–Crippen MR) is 66.7 cm³/mol. The topological polar surface area (TPSA) is 21.3 Å². The highest BCUT2D eigenvalue weighted by Crippen LogP contribution is 2.16. The van der Waals surface area contributed by atoms with Crippen LogP contribution in [0, 0.1) is 11.6 Å². The Morgan fingerprint density at radius 2 is 1.72 bits per heavy atom. The fourth-order valence-electron chi connectivity index (χ4n) is 1.56. The number of halogens is 2. The molecule has 0 aromatic heterocycles. The molecule has 2 rings (SSSR count). The fourth-order valence-corrected chi connectivity index (χ4v) is 1.56. The van der Waals surface area contributed by atoms with Crippen LogP contribution in [0.15, 0.2) is 42.5 Å². The van der Waals surface area contributed by atoms with E-state index in [0.29, 0.717) is 12.1 Å². The Morgan fingerprint density at radius 1 is 1.00 bits per heavy atom. The molecule has 0 aliphatic heterocycles. The van der Waals surface area contributed by atoms with Gasteiger partial charge in [0.1, 0.15) is 5.75 Å². The molecule has 0 saturated carbocycles. The van der Waals surface area contributed by atoms with Gasteiger partial charge in [-0.1, -0.05) is 6.07 Å². The summed E-state index contributed by atoms with van der Waals surface area (Å²) in [6.45, 7) is 0.434. The van der Waals surface area contributed by atoms with Crippen LogP contribution >= 0.6 is 0 Å². The van der Waals surface area contributed by atoms with Crippen molar-refractivity contribution in [2.24, 2.45) is 0 Å². The second-order valence-corrected chi connectivity index (χ2v) is 3.83. The molecule has 2 aromatic rings. The Labute approximate surface area is 104 Å². The second-order valence-electron chi connectivity index (χ2n) is 3.83. The molecular weight excluding hydrogens is 236 g/mol. The molecule has 2 nitrogen and oxygen atoms in total. The van der Waals surface area contributed by atoms with E-state index in [1.807, 2.05) is 24.3 Å². The van der Waals surface area contributed by atoms with Gasteiger partial charge in [0, 0.05) is 12.2 Å². The molecule has 2 aromatic carbocycles. The molecule has 0 unspecified atom stereocenters. The summed E-state index contributed by atoms with van der Waals surface area (Å²) in [6.07, 6.45) is 0. The minimum absolute atomic E-state index is 0.434. The highest BCUT2D eigenvalue weighted by Gasteiger charge is 2.02. The fraction of sp³-hybridized carbons (Fsp3) is 0.143. The number of ether oxygens (including phenoxy) is 1. The molecule has 0 fully saturated rings. The molecule has 18 heavy (non-hydrogen) atoms. The molecule has 0 saturated heterocycles. The van der Waals surface area contributed by atoms with Crippen molar-refractivity contribution < 1.29 is 13.5 Å². The first-order chi connectivity index (χ1) is 8.69. The number of benzene rings is 2. The molecule has 1 N–H and O–H groups in total. The zero-order chi connectivity index (χ0) is 13.0. The lowest BCUT2D eigenvalue weighted by atomic mass is 10.2. The molecule has 0 bridgehead atoms. The largest absolute Gasteiger partial charge is 0.497 e. The summed E-state index contributed by atoms with van der Waals surface area (Å²) < 4.78 is 30.8. The highest BCUT2D eigenvalue weighted by atomic mass is 19.2. The van der Waals surface area contributed by atoms with E-state index in [9.17, 15) is 8.78 Å². The van der Waals surface area contributed by atoms with Crippen LogP contribution in [0.25, 0.3) is 0 Å². The highest BCUT2D eigenvalue weighted by molar-refractivity contribution is 5.46. The van der Waals surface area contributed by atoms with Crippen LogP contribution in [0.2, 0.25) is 0 Å². The van der Waals surface area contributed by atoms with Gasteiger partial charge in [-0.15, -0.1) is 0 Å². The van der Waals surface area contributed by atoms with Gasteiger partial charge in [-0.3, -0.25) is 0 Å². The van der Waals surface area contributed by atoms with Gasteiger partial charge in [-0.25, -0.2) is 8.78 Å². The molecule has 94 valence electrons. The average Bonchev–Trinajstić information content (AvgIpc) is 2.41. The number of rotatable bonds is 4. The lowest BCUT2D eigenvalue weighted by Gasteiger charge is -2.07. The van der Waals surface area contributed by atoms with E-state index in [1.54, 1.807) is 13.2 Å². The maximum atomic E-state index is 13.0. The summed E-state index contributed by atoms with van der Waals surface area (Å²) in [7, 11) is 1.60. The number of hydrogen-bond donors (Lipinski definition) is 1. The van der Waals surface area contributed by atoms with E-state index in [0.717, 1.165) is 17.5 Å². The average molecular weight is 249 g/mol. The zero-order valence-electron chi connectivity index (χ0n) is 9.91. The third-order valence-corrected chi connectivity index (χ3v) is 2.57. The van der Waals surface area contributed by atoms with Gasteiger partial charge >= 0.3 is 0 Å². The normalized spacial score (nSPS) is 10.2. The lowest BCUT2D eigenvalue weighted by Crippen LogP contribution is -2.00. The summed E-state index contributed by atoms with van der Waals surface area (Å²) in [6, 6.07) is 11.2. The van der Waals surface area contributed by atoms with Crippen LogP contribution in [-0.2, 0) is 6.54 Å². The van der Waals surface area contributed by atoms with E-state index < -0.39 is 11.6 Å². The van der Waals surface area contributed by atoms with Crippen molar-refractivity contribution in [1.82, 2.24) is 0 Å². The van der Waals surface area contributed by atoms with E-state index in [2.05, 4.69) is 5.32 Å². The summed E-state index contributed by atoms with van der Waals surface area (Å²) in [5, 5.41) is 3.11. The molecule has 0 amide bonds. The van der Waals surface area contributed by atoms with Crippen LogP contribution in [0.1, 0.15) is 5.56 Å². The van der Waals surface area contributed by atoms with Gasteiger partial charge < -0.3 is 10.1 Å². The summed E-state index contributed by atoms with van der Waals surface area (Å²) in [5.74, 6) is -0.888. The predicted octanol–water partition coefficient (Wildman–Crippen LogP) is 3.59. The minimum atomic E-state index is -0.830. The Kier molecular flexibility index (Phi) is 3.77. The van der Waals surface area contributed by atoms with E-state index in [4.69, 9.17) is 4.74 Å². The Balaban J connectivity index is 1.99. The first-order valence-electron chi connectivity index (χ1n) is 5.51. The molecule has 0 aliphatic carbocycles. The van der Waals surface area contributed by atoms with Crippen molar-refractivity contribution in [1.29, 1.82) is 0 Å². The molecule has 0 heterocycles. The van der Waals surface area contributed by atoms with Crippen LogP contribution in [0.5, 0.6) is 5.75 Å². The van der Waals surface area contributed by atoms with Gasteiger partial charge in [0.15, 0.2) is 11.6 Å². The number of nitrogens with one attached hydrogen (secondary N) is 1. The van der Waals surface area contributed by atoms with E-state index >= 15 is 0 Å². The zero-order valence-corrected chi connectivity index (χ0v) is 9.91. The maximum Gasteiger partial charge on any atom is 0.159 e. The number of anilines is 1. The van der Waals surface area contributed by atoms with Crippen molar-refractivity contribution in [2.75, 3.05) is 12.4 Å². The third kappa shape index (κ3) is 2.97. The van der Waals surface area contributed by atoms with Gasteiger partial charge in [0.05, 0.1) is 7.11 Å². The Hall–Kier alpha value is -2.10. The van der Waals surface area contributed by atoms with E-state index in [-0.39, 0.29) is 0 Å². The lowest BCUT2D eigenvalue weighted by molar-refractivity contribution is 0.415. The van der Waals surface area contributed by atoms with Crippen molar-refractivity contribution in [2.45, 2.75) is 6.54 Å². The molecule has 0 spiro atoms. The summed E-state index contributed by atoms with van der Waals surface area (Å²) in [5.41, 5.74) is 1.57. The Morgan fingerprint density at radius 3 is 2.33 bits per heavy atom. The Bertz CT molecular complexity index is 526. The van der Waals surface area contributed by atoms with Gasteiger partial charge in [0.25, 0.3) is 0 Å². The van der Waals surface area contributed by atoms with Gasteiger partial charge in [-0.05, 0) is 42.0 Å². The standard InChI is InChI=1S/C14H13F2NO/c1-18-12-5-3-11(4-6-12)17-9-10-2-7-13(15)14(16)8-10/h2-8,17H,9H2,1H3. The van der Waals surface area contributed by atoms with Crippen molar-refractivity contribution in [3.05, 3.63) is 59.7 Å². The van der Waals surface area contributed by atoms with Gasteiger partial charge in [-0.2, -0.15) is 0 Å². The van der Waals surface area contributed by atoms with Crippen LogP contribution in [-0.4, -0.2) is 7.11 Å². The second kappa shape index (κ2) is 5.49. The molecule has 4 heteroatoms. The van der Waals surface area contributed by atoms with E-state index in [1.165, 1.54) is 6.07 Å². The summed E-state index contributed by atoms with van der Waals surface area (Å²) >= 11 is 0. The van der Waals surface area contributed by atoms with Crippen molar-refractivity contribution in [3.8, 4) is 5.75 Å². The van der Waals surface area contributed by atoms with Crippen LogP contribution < -0.4 is 10.1 Å². The molecule has 0 radical (unpaired) electrons. The number of methoxy groups -OCH3 is 1. The quantitative estimate of drug-likeness (QED) is 0.894. The number of hydrogen-bond acceptors (Lipinski definition) is 2. The van der Waals surface area contributed by atoms with Crippen LogP contribution in [0.3, 0.4) is 0 Å². The van der Waals surface area contributed by atoms with Gasteiger partial charge in [0.2, 0.25) is 0 Å². The van der Waals surface area contributed by atoms with Crippen molar-refractivity contribution >= 4 is 5.69 Å². The monoisotopic (exact) mass is 249 g/mol. The molecule has 0 atom stereocenters.